The van der Waals surface area contributed by atoms with Crippen molar-refractivity contribution in [3.63, 3.8) is 0 Å². The number of carbonyl (C=O) groups is 1. The van der Waals surface area contributed by atoms with E-state index in [0.29, 0.717) is 29.9 Å². The first-order chi connectivity index (χ1) is 16.3. The van der Waals surface area contributed by atoms with Crippen LogP contribution >= 0.6 is 22.6 Å². The summed E-state index contributed by atoms with van der Waals surface area (Å²) in [5, 5.41) is 0.675. The molecular formula is C24H30IN5O4S. The molecule has 1 saturated heterocycles. The molecule has 4 rings (SSSR count). The Morgan fingerprint density at radius 3 is 2.37 bits per heavy atom. The summed E-state index contributed by atoms with van der Waals surface area (Å²) in [5.41, 5.74) is 0.737. The Morgan fingerprint density at radius 1 is 1.09 bits per heavy atom. The minimum absolute atomic E-state index is 0.0651. The number of aryl methyl sites for hydroxylation is 1. The van der Waals surface area contributed by atoms with Gasteiger partial charge in [-0.1, -0.05) is 17.7 Å². The number of halogens is 1. The second-order valence-electron chi connectivity index (χ2n) is 9.97. The number of fused-ring (bicyclic) bond motifs is 1. The quantitative estimate of drug-likeness (QED) is 0.405. The highest BCUT2D eigenvalue weighted by Gasteiger charge is 2.36. The van der Waals surface area contributed by atoms with Gasteiger partial charge < -0.3 is 14.5 Å². The number of anilines is 1. The molecule has 2 unspecified atom stereocenters. The van der Waals surface area contributed by atoms with Crippen LogP contribution in [0.4, 0.5) is 10.6 Å². The summed E-state index contributed by atoms with van der Waals surface area (Å²) >= 11 is 2.13. The summed E-state index contributed by atoms with van der Waals surface area (Å²) in [4.78, 5) is 25.7. The molecule has 0 bridgehead atoms. The van der Waals surface area contributed by atoms with E-state index in [-0.39, 0.29) is 23.1 Å². The van der Waals surface area contributed by atoms with Crippen molar-refractivity contribution < 1.29 is 17.9 Å². The molecular weight excluding hydrogens is 581 g/mol. The average molecular weight is 612 g/mol. The van der Waals surface area contributed by atoms with Crippen LogP contribution < -0.4 is 4.90 Å². The molecule has 188 valence electrons. The lowest BCUT2D eigenvalue weighted by Crippen LogP contribution is -2.59. The third kappa shape index (κ3) is 4.97. The molecule has 1 aliphatic rings. The molecule has 2 aromatic heterocycles. The molecule has 1 aliphatic heterocycles. The highest BCUT2D eigenvalue weighted by molar-refractivity contribution is 14.1. The van der Waals surface area contributed by atoms with E-state index in [9.17, 15) is 13.2 Å². The zero-order valence-corrected chi connectivity index (χ0v) is 23.7. The van der Waals surface area contributed by atoms with Crippen molar-refractivity contribution in [3.05, 3.63) is 45.9 Å². The Hall–Kier alpha value is -2.41. The zero-order valence-electron chi connectivity index (χ0n) is 20.7. The summed E-state index contributed by atoms with van der Waals surface area (Å²) in [5.74, 6) is 0.653. The molecule has 35 heavy (non-hydrogen) atoms. The molecule has 9 nitrogen and oxygen atoms in total. The van der Waals surface area contributed by atoms with Crippen LogP contribution in [0.3, 0.4) is 0 Å². The van der Waals surface area contributed by atoms with Crippen molar-refractivity contribution >= 4 is 55.6 Å². The number of hydrogen-bond donors (Lipinski definition) is 0. The van der Waals surface area contributed by atoms with Crippen LogP contribution in [-0.4, -0.2) is 64.1 Å². The van der Waals surface area contributed by atoms with Crippen LogP contribution in [-0.2, 0) is 14.8 Å². The maximum Gasteiger partial charge on any atom is 0.410 e. The van der Waals surface area contributed by atoms with Gasteiger partial charge in [0, 0.05) is 34.9 Å². The van der Waals surface area contributed by atoms with E-state index in [1.165, 1.54) is 10.3 Å². The summed E-state index contributed by atoms with van der Waals surface area (Å²) in [6.45, 7) is 12.4. The highest BCUT2D eigenvalue weighted by atomic mass is 127. The zero-order chi connectivity index (χ0) is 25.7. The number of carbonyl (C=O) groups excluding carboxylic acids is 1. The average Bonchev–Trinajstić information content (AvgIpc) is 3.12. The predicted octanol–water partition coefficient (Wildman–Crippen LogP) is 4.42. The molecule has 3 aromatic rings. The third-order valence-corrected chi connectivity index (χ3v) is 8.43. The van der Waals surface area contributed by atoms with E-state index < -0.39 is 15.6 Å². The molecule has 1 aromatic carbocycles. The number of benzene rings is 1. The van der Waals surface area contributed by atoms with Crippen LogP contribution in [0.15, 0.2) is 41.7 Å². The van der Waals surface area contributed by atoms with Gasteiger partial charge in [-0.15, -0.1) is 0 Å². The Morgan fingerprint density at radius 2 is 1.74 bits per heavy atom. The van der Waals surface area contributed by atoms with E-state index in [1.54, 1.807) is 35.4 Å². The predicted molar refractivity (Wildman–Crippen MR) is 143 cm³/mol. The van der Waals surface area contributed by atoms with Gasteiger partial charge >= 0.3 is 6.09 Å². The van der Waals surface area contributed by atoms with Gasteiger partial charge in [0.2, 0.25) is 0 Å². The van der Waals surface area contributed by atoms with Crippen molar-refractivity contribution in [1.29, 1.82) is 0 Å². The summed E-state index contributed by atoms with van der Waals surface area (Å²) in [6.07, 6.45) is 2.64. The fourth-order valence-corrected chi connectivity index (χ4v) is 6.47. The molecule has 2 atom stereocenters. The molecule has 11 heteroatoms. The summed E-state index contributed by atoms with van der Waals surface area (Å²) in [6, 6.07) is 6.57. The largest absolute Gasteiger partial charge is 0.444 e. The SMILES string of the molecule is Cc1ccc(S(=O)(=O)n2cc(I)c3c(N4CC(C)N(C(=O)OC(C)(C)C)CC4C)ncnc32)cc1. The van der Waals surface area contributed by atoms with Crippen LogP contribution in [0.25, 0.3) is 11.0 Å². The van der Waals surface area contributed by atoms with Crippen LogP contribution in [0.1, 0.15) is 40.2 Å². The number of amides is 1. The fourth-order valence-electron chi connectivity index (χ4n) is 4.20. The monoisotopic (exact) mass is 611 g/mol. The number of rotatable bonds is 3. The Labute approximate surface area is 219 Å². The lowest BCUT2D eigenvalue weighted by Gasteiger charge is -2.44. The standard InChI is InChI=1S/C24H30IN5O4S/c1-15-7-9-18(10-8-15)35(32,33)30-13-19(25)20-21(26-14-27-22(20)30)28-11-17(3)29(12-16(28)2)23(31)34-24(4,5)6/h7-10,13-14,16-17H,11-12H2,1-6H3. The minimum Gasteiger partial charge on any atom is -0.444 e. The maximum atomic E-state index is 13.4. The lowest BCUT2D eigenvalue weighted by atomic mass is 10.1. The third-order valence-electron chi connectivity index (χ3n) is 5.95. The van der Waals surface area contributed by atoms with Gasteiger partial charge in [0.25, 0.3) is 10.0 Å². The van der Waals surface area contributed by atoms with E-state index >= 15 is 0 Å². The minimum atomic E-state index is -3.84. The summed E-state index contributed by atoms with van der Waals surface area (Å²) < 4.78 is 34.4. The molecule has 1 fully saturated rings. The summed E-state index contributed by atoms with van der Waals surface area (Å²) in [7, 11) is -3.84. The number of nitrogens with zero attached hydrogens (tertiary/aromatic N) is 5. The van der Waals surface area contributed by atoms with Gasteiger partial charge in [0.1, 0.15) is 17.7 Å². The second kappa shape index (κ2) is 9.23. The second-order valence-corrected chi connectivity index (χ2v) is 12.9. The van der Waals surface area contributed by atoms with Gasteiger partial charge in [-0.25, -0.2) is 27.2 Å². The molecule has 1 amide bonds. The van der Waals surface area contributed by atoms with E-state index in [0.717, 1.165) is 9.13 Å². The van der Waals surface area contributed by atoms with Gasteiger partial charge in [-0.2, -0.15) is 0 Å². The van der Waals surface area contributed by atoms with Crippen LogP contribution in [0.2, 0.25) is 0 Å². The molecule has 0 radical (unpaired) electrons. The molecule has 3 heterocycles. The Bertz CT molecular complexity index is 1370. The van der Waals surface area contributed by atoms with E-state index in [1.807, 2.05) is 41.5 Å². The van der Waals surface area contributed by atoms with Crippen molar-refractivity contribution in [3.8, 4) is 0 Å². The lowest BCUT2D eigenvalue weighted by molar-refractivity contribution is 0.0130. The molecule has 0 spiro atoms. The number of aromatic nitrogens is 3. The normalized spacial score (nSPS) is 19.3. The van der Waals surface area contributed by atoms with Crippen molar-refractivity contribution in [2.45, 2.75) is 64.1 Å². The topological polar surface area (TPSA) is 97.6 Å². The number of ether oxygens (including phenoxy) is 1. The first-order valence-electron chi connectivity index (χ1n) is 11.4. The first kappa shape index (κ1) is 25.7. The van der Waals surface area contributed by atoms with E-state index in [4.69, 9.17) is 4.74 Å². The maximum absolute atomic E-state index is 13.4. The van der Waals surface area contributed by atoms with Gasteiger partial charge in [0.15, 0.2) is 5.65 Å². The highest BCUT2D eigenvalue weighted by Crippen LogP contribution is 2.34. The van der Waals surface area contributed by atoms with Gasteiger partial charge in [0.05, 0.1) is 10.3 Å². The van der Waals surface area contributed by atoms with Crippen molar-refractivity contribution in [2.75, 3.05) is 18.0 Å². The Balaban J connectivity index is 1.71. The van der Waals surface area contributed by atoms with Gasteiger partial charge in [-0.05, 0) is 76.3 Å². The first-order valence-corrected chi connectivity index (χ1v) is 13.9. The Kier molecular flexibility index (Phi) is 6.77. The van der Waals surface area contributed by atoms with Crippen molar-refractivity contribution in [2.24, 2.45) is 0 Å². The molecule has 0 saturated carbocycles. The number of piperazine rings is 1. The fraction of sp³-hybridized carbons (Fsp3) is 0.458. The van der Waals surface area contributed by atoms with E-state index in [2.05, 4.69) is 37.5 Å². The molecule has 0 N–H and O–H groups in total. The van der Waals surface area contributed by atoms with Crippen molar-refractivity contribution in [1.82, 2.24) is 18.8 Å². The molecule has 0 aliphatic carbocycles. The number of hydrogen-bond acceptors (Lipinski definition) is 7. The van der Waals surface area contributed by atoms with Gasteiger partial charge in [-0.3, -0.25) is 0 Å². The van der Waals surface area contributed by atoms with Crippen LogP contribution in [0, 0.1) is 10.5 Å². The van der Waals surface area contributed by atoms with Crippen LogP contribution in [0.5, 0.6) is 0 Å². The smallest absolute Gasteiger partial charge is 0.410 e.